The summed E-state index contributed by atoms with van der Waals surface area (Å²) in [5.41, 5.74) is 1.07. The summed E-state index contributed by atoms with van der Waals surface area (Å²) >= 11 is 0. The molecule has 0 radical (unpaired) electrons. The van der Waals surface area contributed by atoms with Gasteiger partial charge in [-0.15, -0.1) is 0 Å². The molecule has 0 N–H and O–H groups in total. The molecule has 1 aromatic heterocycles. The van der Waals surface area contributed by atoms with Crippen LogP contribution in [0.15, 0.2) is 4.42 Å². The highest BCUT2D eigenvalue weighted by Crippen LogP contribution is 2.21. The monoisotopic (exact) mass is 179 g/mol. The van der Waals surface area contributed by atoms with E-state index in [0.717, 1.165) is 24.3 Å². The van der Waals surface area contributed by atoms with Gasteiger partial charge in [-0.25, -0.2) is 4.98 Å². The minimum atomic E-state index is 0.110. The molecule has 3 nitrogen and oxygen atoms in total. The average Bonchev–Trinajstić information content (AvgIpc) is 2.44. The molecule has 0 fully saturated rings. The third kappa shape index (κ3) is 1.79. The van der Waals surface area contributed by atoms with Crippen LogP contribution < -0.4 is 0 Å². The van der Waals surface area contributed by atoms with Crippen LogP contribution in [0.5, 0.6) is 0 Å². The van der Waals surface area contributed by atoms with E-state index in [1.165, 1.54) is 12.8 Å². The molecule has 0 bridgehead atoms. The molecule has 0 atom stereocenters. The predicted octanol–water partition coefficient (Wildman–Crippen LogP) is 1.68. The Morgan fingerprint density at radius 3 is 2.92 bits per heavy atom. The smallest absolute Gasteiger partial charge is 0.202 e. The van der Waals surface area contributed by atoms with Crippen molar-refractivity contribution >= 4 is 5.78 Å². The number of hydrogen-bond acceptors (Lipinski definition) is 3. The lowest BCUT2D eigenvalue weighted by molar-refractivity contribution is -0.116. The number of nitrogens with zero attached hydrogens (tertiary/aromatic N) is 1. The van der Waals surface area contributed by atoms with E-state index in [4.69, 9.17) is 4.42 Å². The van der Waals surface area contributed by atoms with Gasteiger partial charge in [0.2, 0.25) is 5.89 Å². The van der Waals surface area contributed by atoms with E-state index < -0.39 is 0 Å². The summed E-state index contributed by atoms with van der Waals surface area (Å²) in [4.78, 5) is 15.1. The maximum atomic E-state index is 10.8. The maximum Gasteiger partial charge on any atom is 0.202 e. The van der Waals surface area contributed by atoms with Crippen LogP contribution in [-0.2, 0) is 24.1 Å². The van der Waals surface area contributed by atoms with Crippen molar-refractivity contribution in [2.75, 3.05) is 0 Å². The molecule has 0 unspecified atom stereocenters. The number of ketones is 1. The van der Waals surface area contributed by atoms with Crippen LogP contribution >= 0.6 is 0 Å². The molecule has 0 aromatic carbocycles. The van der Waals surface area contributed by atoms with E-state index >= 15 is 0 Å². The van der Waals surface area contributed by atoms with Crippen LogP contribution in [0, 0.1) is 0 Å². The molecule has 1 aliphatic rings. The van der Waals surface area contributed by atoms with Crippen molar-refractivity contribution in [3.05, 3.63) is 17.3 Å². The number of aromatic nitrogens is 1. The second-order valence-corrected chi connectivity index (χ2v) is 3.56. The number of carbonyl (C=O) groups is 1. The van der Waals surface area contributed by atoms with Crippen LogP contribution in [0.4, 0.5) is 0 Å². The fourth-order valence-electron chi connectivity index (χ4n) is 1.69. The van der Waals surface area contributed by atoms with E-state index in [9.17, 15) is 4.79 Å². The van der Waals surface area contributed by atoms with Gasteiger partial charge in [-0.05, 0) is 26.2 Å². The Hall–Kier alpha value is -1.12. The Morgan fingerprint density at radius 1 is 1.46 bits per heavy atom. The van der Waals surface area contributed by atoms with Crippen molar-refractivity contribution in [3.63, 3.8) is 0 Å². The number of rotatable bonds is 2. The van der Waals surface area contributed by atoms with Crippen molar-refractivity contribution in [2.24, 2.45) is 0 Å². The molecule has 1 heterocycles. The molecule has 3 heteroatoms. The predicted molar refractivity (Wildman–Crippen MR) is 47.5 cm³/mol. The molecule has 0 saturated carbocycles. The Balaban J connectivity index is 2.20. The minimum Gasteiger partial charge on any atom is -0.445 e. The number of oxazole rings is 1. The number of Topliss-reactive ketones (excluding diaryl/α,β-unsaturated/α-hetero) is 1. The van der Waals surface area contributed by atoms with Crippen LogP contribution in [0.1, 0.15) is 37.1 Å². The van der Waals surface area contributed by atoms with Gasteiger partial charge < -0.3 is 4.42 Å². The molecule has 0 spiro atoms. The van der Waals surface area contributed by atoms with E-state index in [-0.39, 0.29) is 5.78 Å². The summed E-state index contributed by atoms with van der Waals surface area (Å²) in [7, 11) is 0. The van der Waals surface area contributed by atoms with E-state index in [1.54, 1.807) is 6.92 Å². The third-order valence-electron chi connectivity index (χ3n) is 2.29. The van der Waals surface area contributed by atoms with Gasteiger partial charge in [0.15, 0.2) is 0 Å². The van der Waals surface area contributed by atoms with Crippen molar-refractivity contribution in [2.45, 2.75) is 39.0 Å². The Kier molecular flexibility index (Phi) is 2.17. The quantitative estimate of drug-likeness (QED) is 0.693. The van der Waals surface area contributed by atoms with Gasteiger partial charge in [0.05, 0.1) is 12.1 Å². The van der Waals surface area contributed by atoms with Gasteiger partial charge in [0, 0.05) is 6.42 Å². The summed E-state index contributed by atoms with van der Waals surface area (Å²) in [6.45, 7) is 1.56. The Labute approximate surface area is 77.2 Å². The number of aryl methyl sites for hydroxylation is 2. The van der Waals surface area contributed by atoms with Crippen molar-refractivity contribution in [1.82, 2.24) is 4.98 Å². The van der Waals surface area contributed by atoms with Crippen molar-refractivity contribution in [3.8, 4) is 0 Å². The zero-order valence-corrected chi connectivity index (χ0v) is 7.80. The zero-order valence-electron chi connectivity index (χ0n) is 7.80. The topological polar surface area (TPSA) is 43.1 Å². The Morgan fingerprint density at radius 2 is 2.23 bits per heavy atom. The molecular weight excluding hydrogens is 166 g/mol. The SMILES string of the molecule is CC(=O)Cc1nc2c(o1)CCCC2. The van der Waals surface area contributed by atoms with Gasteiger partial charge in [0.25, 0.3) is 0 Å². The molecule has 0 amide bonds. The molecule has 1 aromatic rings. The van der Waals surface area contributed by atoms with Gasteiger partial charge in [0.1, 0.15) is 11.5 Å². The van der Waals surface area contributed by atoms with Crippen molar-refractivity contribution < 1.29 is 9.21 Å². The van der Waals surface area contributed by atoms with Gasteiger partial charge >= 0.3 is 0 Å². The first-order valence-electron chi connectivity index (χ1n) is 4.72. The highest BCUT2D eigenvalue weighted by atomic mass is 16.4. The average molecular weight is 179 g/mol. The summed E-state index contributed by atoms with van der Waals surface area (Å²) in [6.07, 6.45) is 4.71. The second kappa shape index (κ2) is 3.32. The summed E-state index contributed by atoms with van der Waals surface area (Å²) < 4.78 is 5.48. The molecule has 2 rings (SSSR count). The molecule has 13 heavy (non-hydrogen) atoms. The standard InChI is InChI=1S/C10H13NO2/c1-7(12)6-10-11-8-4-2-3-5-9(8)13-10/h2-6H2,1H3. The number of carbonyl (C=O) groups excluding carboxylic acids is 1. The minimum absolute atomic E-state index is 0.110. The first-order chi connectivity index (χ1) is 6.25. The fourth-order valence-corrected chi connectivity index (χ4v) is 1.69. The van der Waals surface area contributed by atoms with E-state index in [2.05, 4.69) is 4.98 Å². The molecular formula is C10H13NO2. The highest BCUT2D eigenvalue weighted by molar-refractivity contribution is 5.77. The molecule has 1 aliphatic carbocycles. The van der Waals surface area contributed by atoms with E-state index in [0.29, 0.717) is 12.3 Å². The van der Waals surface area contributed by atoms with Crippen molar-refractivity contribution in [1.29, 1.82) is 0 Å². The van der Waals surface area contributed by atoms with E-state index in [1.807, 2.05) is 0 Å². The largest absolute Gasteiger partial charge is 0.445 e. The first kappa shape index (κ1) is 8.48. The fraction of sp³-hybridized carbons (Fsp3) is 0.600. The van der Waals surface area contributed by atoms with Gasteiger partial charge in [-0.3, -0.25) is 4.79 Å². The van der Waals surface area contributed by atoms with Crippen LogP contribution in [-0.4, -0.2) is 10.8 Å². The maximum absolute atomic E-state index is 10.8. The van der Waals surface area contributed by atoms with Gasteiger partial charge in [-0.1, -0.05) is 0 Å². The zero-order chi connectivity index (χ0) is 9.26. The number of hydrogen-bond donors (Lipinski definition) is 0. The summed E-state index contributed by atoms with van der Waals surface area (Å²) in [6, 6.07) is 0. The van der Waals surface area contributed by atoms with Crippen LogP contribution in [0.2, 0.25) is 0 Å². The second-order valence-electron chi connectivity index (χ2n) is 3.56. The first-order valence-corrected chi connectivity index (χ1v) is 4.72. The lowest BCUT2D eigenvalue weighted by Crippen LogP contribution is -2.00. The molecule has 0 aliphatic heterocycles. The lowest BCUT2D eigenvalue weighted by Gasteiger charge is -2.05. The normalized spacial score (nSPS) is 15.5. The Bertz CT molecular complexity index is 304. The highest BCUT2D eigenvalue weighted by Gasteiger charge is 2.17. The van der Waals surface area contributed by atoms with Crippen LogP contribution in [0.3, 0.4) is 0 Å². The van der Waals surface area contributed by atoms with Gasteiger partial charge in [-0.2, -0.15) is 0 Å². The summed E-state index contributed by atoms with van der Waals surface area (Å²) in [5, 5.41) is 0. The number of fused-ring (bicyclic) bond motifs is 1. The van der Waals surface area contributed by atoms with Crippen LogP contribution in [0.25, 0.3) is 0 Å². The molecule has 70 valence electrons. The molecule has 0 saturated heterocycles. The lowest BCUT2D eigenvalue weighted by atomic mass is 10.0. The third-order valence-corrected chi connectivity index (χ3v) is 2.29. The summed E-state index contributed by atoms with van der Waals surface area (Å²) in [5.74, 6) is 1.71.